The highest BCUT2D eigenvalue weighted by atomic mass is 19.4. The minimum atomic E-state index is -4.80. The van der Waals surface area contributed by atoms with Crippen LogP contribution in [0.25, 0.3) is 27.6 Å². The van der Waals surface area contributed by atoms with Gasteiger partial charge in [0.05, 0.1) is 34.2 Å². The van der Waals surface area contributed by atoms with E-state index in [1.807, 2.05) is 13.0 Å². The Balaban J connectivity index is 1.48. The highest BCUT2D eigenvalue weighted by molar-refractivity contribution is 6.12. The van der Waals surface area contributed by atoms with Gasteiger partial charge in [-0.05, 0) is 49.4 Å². The Labute approximate surface area is 177 Å². The number of imidazole rings is 1. The minimum absolute atomic E-state index is 0.126. The third-order valence-corrected chi connectivity index (χ3v) is 4.95. The third kappa shape index (κ3) is 3.43. The number of carbonyl (C=O) groups is 1. The fourth-order valence-electron chi connectivity index (χ4n) is 3.57. The number of ketones is 1. The van der Waals surface area contributed by atoms with E-state index in [1.54, 1.807) is 12.1 Å². The van der Waals surface area contributed by atoms with Gasteiger partial charge in [0, 0.05) is 10.9 Å². The van der Waals surface area contributed by atoms with Crippen LogP contribution in [0.5, 0.6) is 5.75 Å². The van der Waals surface area contributed by atoms with Crippen molar-refractivity contribution in [2.75, 3.05) is 5.73 Å². The van der Waals surface area contributed by atoms with Crippen molar-refractivity contribution in [3.8, 4) is 11.4 Å². The average molecular weight is 440 g/mol. The number of aromatic nitrogens is 5. The predicted octanol–water partition coefficient (Wildman–Crippen LogP) is 4.25. The topological polar surface area (TPSA) is 115 Å². The smallest absolute Gasteiger partial charge is 0.406 e. The highest BCUT2D eigenvalue weighted by Gasteiger charge is 2.31. The number of fused-ring (bicyclic) bond motifs is 2. The zero-order valence-electron chi connectivity index (χ0n) is 16.5. The molecule has 162 valence electrons. The van der Waals surface area contributed by atoms with E-state index in [1.165, 1.54) is 35.1 Å². The van der Waals surface area contributed by atoms with Crippen LogP contribution in [0.4, 0.5) is 19.0 Å². The van der Waals surface area contributed by atoms with E-state index in [0.29, 0.717) is 16.6 Å². The molecule has 0 bridgehead atoms. The van der Waals surface area contributed by atoms with Crippen LogP contribution < -0.4 is 10.5 Å². The van der Waals surface area contributed by atoms with Crippen LogP contribution in [-0.2, 0) is 0 Å². The Hall–Kier alpha value is -4.28. The van der Waals surface area contributed by atoms with Crippen molar-refractivity contribution >= 4 is 33.5 Å². The van der Waals surface area contributed by atoms with Gasteiger partial charge in [0.25, 0.3) is 0 Å². The van der Waals surface area contributed by atoms with Gasteiger partial charge in [0.15, 0.2) is 0 Å². The lowest BCUT2D eigenvalue weighted by Crippen LogP contribution is -2.16. The predicted molar refractivity (Wildman–Crippen MR) is 111 cm³/mol. The summed E-state index contributed by atoms with van der Waals surface area (Å²) >= 11 is 0. The number of hydrogen-bond acceptors (Lipinski definition) is 5. The summed E-state index contributed by atoms with van der Waals surface area (Å²) in [6, 6.07) is 10.6. The normalized spacial score (nSPS) is 12.0. The number of nitrogens with two attached hydrogens (primary N) is 1. The van der Waals surface area contributed by atoms with Crippen LogP contribution in [-0.4, -0.2) is 36.9 Å². The van der Waals surface area contributed by atoms with Gasteiger partial charge in [0.2, 0.25) is 5.78 Å². The van der Waals surface area contributed by atoms with Crippen LogP contribution in [0, 0.1) is 6.92 Å². The molecule has 3 heterocycles. The number of benzene rings is 2. The molecule has 4 N–H and O–H groups in total. The number of alkyl halides is 3. The number of rotatable bonds is 4. The number of H-pyrrole nitrogens is 2. The lowest BCUT2D eigenvalue weighted by atomic mass is 10.1. The quantitative estimate of drug-likeness (QED) is 0.362. The molecule has 0 atom stereocenters. The Morgan fingerprint density at radius 1 is 1.09 bits per heavy atom. The molecule has 11 heteroatoms. The lowest BCUT2D eigenvalue weighted by Gasteiger charge is -2.08. The Morgan fingerprint density at radius 2 is 1.88 bits per heavy atom. The van der Waals surface area contributed by atoms with Crippen LogP contribution >= 0.6 is 0 Å². The molecular formula is C21H15F3N6O2. The molecular weight excluding hydrogens is 425 g/mol. The zero-order chi connectivity index (χ0) is 22.6. The maximum atomic E-state index is 13.0. The van der Waals surface area contributed by atoms with Crippen LogP contribution in [0.1, 0.15) is 21.9 Å². The van der Waals surface area contributed by atoms with Crippen LogP contribution in [0.2, 0.25) is 0 Å². The zero-order valence-corrected chi connectivity index (χ0v) is 16.5. The fraction of sp³-hybridized carbons (Fsp3) is 0.0952. The van der Waals surface area contributed by atoms with Gasteiger partial charge in [-0.1, -0.05) is 0 Å². The molecule has 32 heavy (non-hydrogen) atoms. The van der Waals surface area contributed by atoms with E-state index in [4.69, 9.17) is 5.73 Å². The molecule has 0 saturated carbocycles. The van der Waals surface area contributed by atoms with Crippen molar-refractivity contribution in [2.24, 2.45) is 0 Å². The molecule has 5 rings (SSSR count). The lowest BCUT2D eigenvalue weighted by molar-refractivity contribution is -0.274. The number of ether oxygens (including phenoxy) is 1. The summed E-state index contributed by atoms with van der Waals surface area (Å²) in [5, 5.41) is 4.62. The molecule has 3 aromatic heterocycles. The van der Waals surface area contributed by atoms with E-state index in [9.17, 15) is 18.0 Å². The van der Waals surface area contributed by atoms with Crippen molar-refractivity contribution in [3.63, 3.8) is 0 Å². The number of anilines is 1. The summed E-state index contributed by atoms with van der Waals surface area (Å²) in [7, 11) is 0. The van der Waals surface area contributed by atoms with Crippen molar-refractivity contribution in [3.05, 3.63) is 65.7 Å². The van der Waals surface area contributed by atoms with E-state index >= 15 is 0 Å². The first-order chi connectivity index (χ1) is 15.2. The molecule has 0 aliphatic carbocycles. The number of aryl methyl sites for hydroxylation is 1. The van der Waals surface area contributed by atoms with Gasteiger partial charge in [0.1, 0.15) is 17.4 Å². The molecule has 0 saturated heterocycles. The Morgan fingerprint density at radius 3 is 2.66 bits per heavy atom. The molecule has 0 amide bonds. The molecule has 0 radical (unpaired) electrons. The van der Waals surface area contributed by atoms with Crippen LogP contribution in [0.15, 0.2) is 48.7 Å². The van der Waals surface area contributed by atoms with Crippen LogP contribution in [0.3, 0.4) is 0 Å². The number of nitrogens with one attached hydrogen (secondary N) is 2. The van der Waals surface area contributed by atoms with E-state index < -0.39 is 12.1 Å². The van der Waals surface area contributed by atoms with Gasteiger partial charge in [-0.15, -0.1) is 13.2 Å². The summed E-state index contributed by atoms with van der Waals surface area (Å²) in [5.74, 6) is 0.0738. The maximum absolute atomic E-state index is 13.0. The fourth-order valence-corrected chi connectivity index (χ4v) is 3.57. The Bertz CT molecular complexity index is 1490. The SMILES string of the molecule is Cc1nc2cc(-n3ncc(C(=O)c4cc5cc(OC(F)(F)F)ccc5[nH]4)c3N)ccc2[nH]1. The molecule has 5 aromatic rings. The van der Waals surface area contributed by atoms with E-state index in [0.717, 1.165) is 16.9 Å². The number of carbonyl (C=O) groups excluding carboxylic acids is 1. The second-order valence-corrected chi connectivity index (χ2v) is 7.19. The van der Waals surface area contributed by atoms with Gasteiger partial charge in [-0.25, -0.2) is 9.67 Å². The van der Waals surface area contributed by atoms with Gasteiger partial charge in [-0.2, -0.15) is 5.10 Å². The molecule has 0 aliphatic heterocycles. The van der Waals surface area contributed by atoms with E-state index in [-0.39, 0.29) is 22.8 Å². The summed E-state index contributed by atoms with van der Waals surface area (Å²) in [6.07, 6.45) is -3.45. The highest BCUT2D eigenvalue weighted by Crippen LogP contribution is 2.28. The molecule has 8 nitrogen and oxygen atoms in total. The largest absolute Gasteiger partial charge is 0.573 e. The minimum Gasteiger partial charge on any atom is -0.406 e. The third-order valence-electron chi connectivity index (χ3n) is 4.95. The number of nitrogens with zero attached hydrogens (tertiary/aromatic N) is 3. The standard InChI is InChI=1S/C21H15F3N6O2/c1-10-27-16-4-2-12(8-17(16)28-10)30-20(25)14(9-26-30)19(31)18-7-11-6-13(32-21(22,23)24)3-5-15(11)29-18/h2-9,29H,25H2,1H3,(H,27,28). The second kappa shape index (κ2) is 6.87. The second-order valence-electron chi connectivity index (χ2n) is 7.19. The van der Waals surface area contributed by atoms with Crippen molar-refractivity contribution in [1.29, 1.82) is 0 Å². The van der Waals surface area contributed by atoms with Crippen molar-refractivity contribution < 1.29 is 22.7 Å². The number of aromatic amines is 2. The average Bonchev–Trinajstić information content (AvgIpc) is 3.40. The maximum Gasteiger partial charge on any atom is 0.573 e. The first kappa shape index (κ1) is 19.7. The Kier molecular flexibility index (Phi) is 4.22. The molecule has 0 unspecified atom stereocenters. The summed E-state index contributed by atoms with van der Waals surface area (Å²) < 4.78 is 42.7. The molecule has 2 aromatic carbocycles. The van der Waals surface area contributed by atoms with E-state index in [2.05, 4.69) is 24.8 Å². The van der Waals surface area contributed by atoms with Crippen molar-refractivity contribution in [2.45, 2.75) is 13.3 Å². The summed E-state index contributed by atoms with van der Waals surface area (Å²) in [4.78, 5) is 23.4. The first-order valence-electron chi connectivity index (χ1n) is 9.41. The number of halogens is 3. The number of nitrogen functional groups attached to an aromatic ring is 1. The molecule has 0 aliphatic rings. The van der Waals surface area contributed by atoms with Gasteiger partial charge >= 0.3 is 6.36 Å². The number of hydrogen-bond donors (Lipinski definition) is 3. The monoisotopic (exact) mass is 440 g/mol. The molecule has 0 fully saturated rings. The van der Waals surface area contributed by atoms with Gasteiger partial charge < -0.3 is 20.4 Å². The van der Waals surface area contributed by atoms with Crippen molar-refractivity contribution in [1.82, 2.24) is 24.7 Å². The summed E-state index contributed by atoms with van der Waals surface area (Å²) in [6.45, 7) is 1.84. The summed E-state index contributed by atoms with van der Waals surface area (Å²) in [5.41, 5.74) is 9.22. The van der Waals surface area contributed by atoms with Gasteiger partial charge in [-0.3, -0.25) is 4.79 Å². The molecule has 0 spiro atoms. The first-order valence-corrected chi connectivity index (χ1v) is 9.41.